The number of hydrogen-bond donors (Lipinski definition) is 0. The summed E-state index contributed by atoms with van der Waals surface area (Å²) >= 11 is 0. The highest BCUT2D eigenvalue weighted by atomic mass is 14.2. The van der Waals surface area contributed by atoms with E-state index in [9.17, 15) is 0 Å². The standard InChI is InChI=1S/C8H11N/c1-3-4-5-6-8(2)7-9/h4-6H,3H2,1-2H3/b5-4-,8-6+. The maximum Gasteiger partial charge on any atom is 0.0944 e. The van der Waals surface area contributed by atoms with Crippen molar-refractivity contribution in [3.63, 3.8) is 0 Å². The van der Waals surface area contributed by atoms with Crippen LogP contribution in [0.25, 0.3) is 0 Å². The molecule has 0 saturated heterocycles. The Morgan fingerprint density at radius 3 is 2.78 bits per heavy atom. The van der Waals surface area contributed by atoms with Gasteiger partial charge in [-0.15, -0.1) is 0 Å². The second-order valence-electron chi connectivity index (χ2n) is 1.80. The molecule has 1 nitrogen and oxygen atoms in total. The highest BCUT2D eigenvalue weighted by molar-refractivity contribution is 5.22. The number of nitriles is 1. The summed E-state index contributed by atoms with van der Waals surface area (Å²) in [6, 6.07) is 2.03. The smallest absolute Gasteiger partial charge is 0.0944 e. The molecule has 9 heavy (non-hydrogen) atoms. The Morgan fingerprint density at radius 2 is 2.33 bits per heavy atom. The van der Waals surface area contributed by atoms with Crippen LogP contribution in [-0.2, 0) is 0 Å². The van der Waals surface area contributed by atoms with E-state index in [2.05, 4.69) is 6.92 Å². The molecule has 48 valence electrons. The Hall–Kier alpha value is -1.03. The summed E-state index contributed by atoms with van der Waals surface area (Å²) in [5.74, 6) is 0. The van der Waals surface area contributed by atoms with Crippen LogP contribution in [0.1, 0.15) is 20.3 Å². The average molecular weight is 121 g/mol. The zero-order chi connectivity index (χ0) is 7.11. The quantitative estimate of drug-likeness (QED) is 0.406. The van der Waals surface area contributed by atoms with Gasteiger partial charge in [0.25, 0.3) is 0 Å². The molecule has 0 aliphatic carbocycles. The Balaban J connectivity index is 3.72. The van der Waals surface area contributed by atoms with Crippen LogP contribution in [0.2, 0.25) is 0 Å². The molecule has 0 aliphatic heterocycles. The fourth-order valence-electron chi connectivity index (χ4n) is 0.386. The van der Waals surface area contributed by atoms with Crippen molar-refractivity contribution in [2.24, 2.45) is 0 Å². The van der Waals surface area contributed by atoms with Crippen molar-refractivity contribution >= 4 is 0 Å². The first-order valence-corrected chi connectivity index (χ1v) is 3.04. The third-order valence-corrected chi connectivity index (χ3v) is 0.894. The van der Waals surface area contributed by atoms with Crippen molar-refractivity contribution in [3.05, 3.63) is 23.8 Å². The van der Waals surface area contributed by atoms with Gasteiger partial charge in [0.15, 0.2) is 0 Å². The fourth-order valence-corrected chi connectivity index (χ4v) is 0.386. The van der Waals surface area contributed by atoms with Gasteiger partial charge in [-0.25, -0.2) is 0 Å². The lowest BCUT2D eigenvalue weighted by atomic mass is 10.3. The molecule has 0 heterocycles. The van der Waals surface area contributed by atoms with Gasteiger partial charge < -0.3 is 0 Å². The van der Waals surface area contributed by atoms with E-state index in [-0.39, 0.29) is 0 Å². The molecule has 0 amide bonds. The summed E-state index contributed by atoms with van der Waals surface area (Å²) in [6.45, 7) is 3.85. The van der Waals surface area contributed by atoms with Gasteiger partial charge in [-0.2, -0.15) is 5.26 Å². The summed E-state index contributed by atoms with van der Waals surface area (Å²) in [6.07, 6.45) is 6.75. The highest BCUT2D eigenvalue weighted by Crippen LogP contribution is 1.89. The molecule has 0 fully saturated rings. The lowest BCUT2D eigenvalue weighted by Crippen LogP contribution is -1.62. The molecule has 0 bridgehead atoms. The van der Waals surface area contributed by atoms with E-state index < -0.39 is 0 Å². The first-order valence-electron chi connectivity index (χ1n) is 3.04. The van der Waals surface area contributed by atoms with E-state index >= 15 is 0 Å². The van der Waals surface area contributed by atoms with Gasteiger partial charge in [-0.1, -0.05) is 19.1 Å². The Morgan fingerprint density at radius 1 is 1.67 bits per heavy atom. The summed E-state index contributed by atoms with van der Waals surface area (Å²) in [4.78, 5) is 0. The maximum absolute atomic E-state index is 8.28. The lowest BCUT2D eigenvalue weighted by molar-refractivity contribution is 1.22. The molecule has 0 spiro atoms. The van der Waals surface area contributed by atoms with Gasteiger partial charge in [0.1, 0.15) is 0 Å². The van der Waals surface area contributed by atoms with Crippen molar-refractivity contribution in [1.82, 2.24) is 0 Å². The molecular weight excluding hydrogens is 110 g/mol. The van der Waals surface area contributed by atoms with E-state index in [1.807, 2.05) is 24.3 Å². The minimum atomic E-state index is 0.750. The largest absolute Gasteiger partial charge is 0.193 e. The van der Waals surface area contributed by atoms with Gasteiger partial charge in [0, 0.05) is 5.57 Å². The van der Waals surface area contributed by atoms with Gasteiger partial charge in [0.05, 0.1) is 6.07 Å². The van der Waals surface area contributed by atoms with E-state index in [1.165, 1.54) is 0 Å². The molecule has 0 atom stereocenters. The van der Waals surface area contributed by atoms with Gasteiger partial charge >= 0.3 is 0 Å². The summed E-state index contributed by atoms with van der Waals surface area (Å²) in [7, 11) is 0. The molecule has 0 aromatic rings. The van der Waals surface area contributed by atoms with Crippen LogP contribution < -0.4 is 0 Å². The van der Waals surface area contributed by atoms with Crippen molar-refractivity contribution in [2.45, 2.75) is 20.3 Å². The van der Waals surface area contributed by atoms with E-state index in [0.29, 0.717) is 0 Å². The highest BCUT2D eigenvalue weighted by Gasteiger charge is 1.75. The predicted molar refractivity (Wildman–Crippen MR) is 38.8 cm³/mol. The molecule has 0 saturated carbocycles. The molecule has 0 radical (unpaired) electrons. The van der Waals surface area contributed by atoms with Crippen LogP contribution in [-0.4, -0.2) is 0 Å². The molecule has 0 rings (SSSR count). The molecule has 0 N–H and O–H groups in total. The minimum Gasteiger partial charge on any atom is -0.193 e. The van der Waals surface area contributed by atoms with Gasteiger partial charge in [0.2, 0.25) is 0 Å². The average Bonchev–Trinajstić information content (AvgIpc) is 1.89. The first-order chi connectivity index (χ1) is 4.31. The second-order valence-corrected chi connectivity index (χ2v) is 1.80. The number of allylic oxidation sites excluding steroid dienone is 4. The minimum absolute atomic E-state index is 0.750. The molecule has 0 aromatic heterocycles. The number of hydrogen-bond acceptors (Lipinski definition) is 1. The van der Waals surface area contributed by atoms with Crippen LogP contribution in [0, 0.1) is 11.3 Å². The summed E-state index contributed by atoms with van der Waals surface area (Å²) in [5, 5.41) is 8.28. The number of nitrogens with zero attached hydrogens (tertiary/aromatic N) is 1. The van der Waals surface area contributed by atoms with Crippen LogP contribution in [0.3, 0.4) is 0 Å². The Kier molecular flexibility index (Phi) is 4.53. The van der Waals surface area contributed by atoms with Crippen LogP contribution in [0.5, 0.6) is 0 Å². The van der Waals surface area contributed by atoms with Crippen LogP contribution in [0.4, 0.5) is 0 Å². The molecule has 0 aromatic carbocycles. The van der Waals surface area contributed by atoms with E-state index in [0.717, 1.165) is 12.0 Å². The third-order valence-electron chi connectivity index (χ3n) is 0.894. The van der Waals surface area contributed by atoms with E-state index in [1.54, 1.807) is 6.92 Å². The topological polar surface area (TPSA) is 23.8 Å². The van der Waals surface area contributed by atoms with Gasteiger partial charge in [-0.3, -0.25) is 0 Å². The predicted octanol–water partition coefficient (Wildman–Crippen LogP) is 2.42. The fraction of sp³-hybridized carbons (Fsp3) is 0.375. The monoisotopic (exact) mass is 121 g/mol. The number of rotatable bonds is 2. The molecular formula is C8H11N. The first kappa shape index (κ1) is 7.97. The molecule has 0 unspecified atom stereocenters. The third kappa shape index (κ3) is 4.83. The zero-order valence-corrected chi connectivity index (χ0v) is 5.89. The van der Waals surface area contributed by atoms with Crippen LogP contribution >= 0.6 is 0 Å². The maximum atomic E-state index is 8.28. The Bertz CT molecular complexity index is 158. The van der Waals surface area contributed by atoms with Crippen molar-refractivity contribution in [3.8, 4) is 6.07 Å². The van der Waals surface area contributed by atoms with E-state index in [4.69, 9.17) is 5.26 Å². The summed E-state index contributed by atoms with van der Waals surface area (Å²) in [5.41, 5.74) is 0.750. The molecule has 0 aliphatic rings. The van der Waals surface area contributed by atoms with Crippen molar-refractivity contribution in [1.29, 1.82) is 5.26 Å². The second kappa shape index (κ2) is 5.11. The zero-order valence-electron chi connectivity index (χ0n) is 5.89. The lowest BCUT2D eigenvalue weighted by Gasteiger charge is -1.77. The van der Waals surface area contributed by atoms with Crippen molar-refractivity contribution < 1.29 is 0 Å². The Labute approximate surface area is 56.3 Å². The SMILES string of the molecule is CC/C=C\C=C(/C)C#N. The normalized spacial score (nSPS) is 11.9. The molecule has 1 heteroatoms. The summed E-state index contributed by atoms with van der Waals surface area (Å²) < 4.78 is 0. The van der Waals surface area contributed by atoms with Crippen molar-refractivity contribution in [2.75, 3.05) is 0 Å². The van der Waals surface area contributed by atoms with Gasteiger partial charge in [-0.05, 0) is 19.4 Å². The van der Waals surface area contributed by atoms with Crippen LogP contribution in [0.15, 0.2) is 23.8 Å².